The number of rotatable bonds is 6. The third kappa shape index (κ3) is 4.59. The molecule has 0 bridgehead atoms. The fourth-order valence-corrected chi connectivity index (χ4v) is 2.05. The van der Waals surface area contributed by atoms with E-state index in [1.54, 1.807) is 13.0 Å². The van der Waals surface area contributed by atoms with Crippen LogP contribution in [0.2, 0.25) is 0 Å². The van der Waals surface area contributed by atoms with Crippen molar-refractivity contribution >= 4 is 27.8 Å². The summed E-state index contributed by atoms with van der Waals surface area (Å²) in [7, 11) is 0. The Morgan fingerprint density at radius 3 is 2.60 bits per heavy atom. The predicted molar refractivity (Wildman–Crippen MR) is 76.9 cm³/mol. The standard InChI is InChI=1S/C14H17BrFNO3/c1-3-7-17(9-13(18)20-4-2)14(19)11-6-5-10(15)8-12(11)16/h5-6,8H,3-4,7,9H2,1-2H3. The molecular weight excluding hydrogens is 329 g/mol. The largest absolute Gasteiger partial charge is 0.465 e. The maximum Gasteiger partial charge on any atom is 0.325 e. The summed E-state index contributed by atoms with van der Waals surface area (Å²) in [5.41, 5.74) is -0.0500. The molecule has 0 unspecified atom stereocenters. The second-order valence-corrected chi connectivity index (χ2v) is 5.07. The predicted octanol–water partition coefficient (Wildman–Crippen LogP) is 3.00. The van der Waals surface area contributed by atoms with Gasteiger partial charge in [0.25, 0.3) is 5.91 Å². The Morgan fingerprint density at radius 1 is 1.35 bits per heavy atom. The lowest BCUT2D eigenvalue weighted by Crippen LogP contribution is -2.37. The van der Waals surface area contributed by atoms with Crippen LogP contribution < -0.4 is 0 Å². The van der Waals surface area contributed by atoms with Crippen molar-refractivity contribution in [3.8, 4) is 0 Å². The molecule has 110 valence electrons. The summed E-state index contributed by atoms with van der Waals surface area (Å²) >= 11 is 3.13. The topological polar surface area (TPSA) is 46.6 Å². The van der Waals surface area contributed by atoms with Gasteiger partial charge in [-0.25, -0.2) is 4.39 Å². The summed E-state index contributed by atoms with van der Waals surface area (Å²) < 4.78 is 19.2. The highest BCUT2D eigenvalue weighted by molar-refractivity contribution is 9.10. The maximum atomic E-state index is 13.8. The molecule has 20 heavy (non-hydrogen) atoms. The van der Waals surface area contributed by atoms with Crippen LogP contribution in [0.1, 0.15) is 30.6 Å². The first-order valence-electron chi connectivity index (χ1n) is 6.39. The van der Waals surface area contributed by atoms with Crippen LogP contribution >= 0.6 is 15.9 Å². The lowest BCUT2D eigenvalue weighted by Gasteiger charge is -2.21. The van der Waals surface area contributed by atoms with E-state index in [4.69, 9.17) is 4.74 Å². The quantitative estimate of drug-likeness (QED) is 0.744. The number of carbonyl (C=O) groups is 2. The molecule has 0 aliphatic carbocycles. The molecule has 1 aromatic carbocycles. The van der Waals surface area contributed by atoms with Crippen molar-refractivity contribution in [1.82, 2.24) is 4.90 Å². The number of benzene rings is 1. The van der Waals surface area contributed by atoms with Crippen molar-refractivity contribution in [3.63, 3.8) is 0 Å². The van der Waals surface area contributed by atoms with Crippen LogP contribution in [0.15, 0.2) is 22.7 Å². The van der Waals surface area contributed by atoms with Gasteiger partial charge in [0.2, 0.25) is 0 Å². The van der Waals surface area contributed by atoms with Gasteiger partial charge in [0.05, 0.1) is 12.2 Å². The molecule has 0 aliphatic heterocycles. The lowest BCUT2D eigenvalue weighted by molar-refractivity contribution is -0.143. The van der Waals surface area contributed by atoms with E-state index in [0.29, 0.717) is 17.4 Å². The van der Waals surface area contributed by atoms with Crippen LogP contribution in [0.4, 0.5) is 4.39 Å². The van der Waals surface area contributed by atoms with Gasteiger partial charge in [-0.15, -0.1) is 0 Å². The zero-order valence-corrected chi connectivity index (χ0v) is 13.1. The van der Waals surface area contributed by atoms with Gasteiger partial charge >= 0.3 is 5.97 Å². The highest BCUT2D eigenvalue weighted by atomic mass is 79.9. The molecule has 0 aliphatic rings. The van der Waals surface area contributed by atoms with E-state index >= 15 is 0 Å². The average Bonchev–Trinajstić information content (AvgIpc) is 2.38. The number of ether oxygens (including phenoxy) is 1. The normalized spacial score (nSPS) is 10.2. The number of amides is 1. The molecule has 0 radical (unpaired) electrons. The molecule has 6 heteroatoms. The van der Waals surface area contributed by atoms with E-state index in [2.05, 4.69) is 15.9 Å². The summed E-state index contributed by atoms with van der Waals surface area (Å²) in [6, 6.07) is 4.21. The Labute approximate surface area is 126 Å². The van der Waals surface area contributed by atoms with Crippen molar-refractivity contribution in [2.45, 2.75) is 20.3 Å². The highest BCUT2D eigenvalue weighted by Crippen LogP contribution is 2.17. The van der Waals surface area contributed by atoms with E-state index in [9.17, 15) is 14.0 Å². The second-order valence-electron chi connectivity index (χ2n) is 4.16. The van der Waals surface area contributed by atoms with Gasteiger partial charge in [0, 0.05) is 11.0 Å². The summed E-state index contributed by atoms with van der Waals surface area (Å²) in [5, 5.41) is 0. The van der Waals surface area contributed by atoms with Gasteiger partial charge in [-0.1, -0.05) is 22.9 Å². The van der Waals surface area contributed by atoms with Crippen molar-refractivity contribution in [3.05, 3.63) is 34.1 Å². The molecule has 1 aromatic rings. The van der Waals surface area contributed by atoms with Gasteiger partial charge < -0.3 is 9.64 Å². The molecule has 1 rings (SSSR count). The van der Waals surface area contributed by atoms with Crippen molar-refractivity contribution in [1.29, 1.82) is 0 Å². The minimum absolute atomic E-state index is 0.0500. The Balaban J connectivity index is 2.90. The Hall–Kier alpha value is -1.43. The number of hydrogen-bond acceptors (Lipinski definition) is 3. The highest BCUT2D eigenvalue weighted by Gasteiger charge is 2.21. The van der Waals surface area contributed by atoms with E-state index in [1.807, 2.05) is 6.92 Å². The Bertz CT molecular complexity index is 493. The van der Waals surface area contributed by atoms with Crippen molar-refractivity contribution < 1.29 is 18.7 Å². The van der Waals surface area contributed by atoms with E-state index in [0.717, 1.165) is 0 Å². The van der Waals surface area contributed by atoms with Gasteiger partial charge in [-0.2, -0.15) is 0 Å². The molecule has 0 fully saturated rings. The van der Waals surface area contributed by atoms with Gasteiger partial charge in [0.15, 0.2) is 0 Å². The van der Waals surface area contributed by atoms with E-state index < -0.39 is 17.7 Å². The maximum absolute atomic E-state index is 13.8. The van der Waals surface area contributed by atoms with Crippen LogP contribution in [0.5, 0.6) is 0 Å². The molecule has 0 spiro atoms. The second kappa shape index (κ2) is 7.99. The van der Waals surface area contributed by atoms with Crippen LogP contribution in [-0.2, 0) is 9.53 Å². The number of carbonyl (C=O) groups excluding carboxylic acids is 2. The zero-order chi connectivity index (χ0) is 15.1. The Kier molecular flexibility index (Phi) is 6.64. The van der Waals surface area contributed by atoms with Crippen molar-refractivity contribution in [2.75, 3.05) is 19.7 Å². The average molecular weight is 346 g/mol. The molecule has 4 nitrogen and oxygen atoms in total. The zero-order valence-electron chi connectivity index (χ0n) is 11.5. The fourth-order valence-electron chi connectivity index (χ4n) is 1.72. The number of hydrogen-bond donors (Lipinski definition) is 0. The summed E-state index contributed by atoms with van der Waals surface area (Å²) in [6.45, 7) is 4.02. The summed E-state index contributed by atoms with van der Waals surface area (Å²) in [5.74, 6) is -1.62. The van der Waals surface area contributed by atoms with Gasteiger partial charge in [-0.05, 0) is 31.5 Å². The van der Waals surface area contributed by atoms with Gasteiger partial charge in [0.1, 0.15) is 12.4 Å². The number of halogens is 2. The first kappa shape index (κ1) is 16.6. The van der Waals surface area contributed by atoms with E-state index in [1.165, 1.54) is 17.0 Å². The molecule has 1 amide bonds. The smallest absolute Gasteiger partial charge is 0.325 e. The van der Waals surface area contributed by atoms with Crippen molar-refractivity contribution in [2.24, 2.45) is 0 Å². The number of nitrogens with zero attached hydrogens (tertiary/aromatic N) is 1. The summed E-state index contributed by atoms with van der Waals surface area (Å²) in [6.07, 6.45) is 0.670. The molecule has 0 heterocycles. The monoisotopic (exact) mass is 345 g/mol. The van der Waals surface area contributed by atoms with Crippen LogP contribution in [0.3, 0.4) is 0 Å². The van der Waals surface area contributed by atoms with Crippen LogP contribution in [0, 0.1) is 5.82 Å². The third-order valence-corrected chi connectivity index (χ3v) is 3.06. The minimum atomic E-state index is -0.616. The molecule has 0 atom stereocenters. The SMILES string of the molecule is CCCN(CC(=O)OCC)C(=O)c1ccc(Br)cc1F. The van der Waals surface area contributed by atoms with Crippen LogP contribution in [-0.4, -0.2) is 36.5 Å². The van der Waals surface area contributed by atoms with E-state index in [-0.39, 0.29) is 18.7 Å². The van der Waals surface area contributed by atoms with Crippen LogP contribution in [0.25, 0.3) is 0 Å². The number of esters is 1. The third-order valence-electron chi connectivity index (χ3n) is 2.57. The minimum Gasteiger partial charge on any atom is -0.465 e. The molecule has 0 saturated heterocycles. The first-order chi connectivity index (χ1) is 9.49. The van der Waals surface area contributed by atoms with Gasteiger partial charge in [-0.3, -0.25) is 9.59 Å². The lowest BCUT2D eigenvalue weighted by atomic mass is 10.2. The molecule has 0 N–H and O–H groups in total. The summed E-state index contributed by atoms with van der Waals surface area (Å²) in [4.78, 5) is 25.1. The molecule has 0 aromatic heterocycles. The first-order valence-corrected chi connectivity index (χ1v) is 7.18. The molecule has 0 saturated carbocycles. The molecular formula is C14H17BrFNO3. The fraction of sp³-hybridized carbons (Fsp3) is 0.429. The Morgan fingerprint density at radius 2 is 2.05 bits per heavy atom.